The van der Waals surface area contributed by atoms with Crippen molar-refractivity contribution in [3.8, 4) is 0 Å². The van der Waals surface area contributed by atoms with Crippen LogP contribution in [0.3, 0.4) is 0 Å². The Kier molecular flexibility index (Phi) is 7.67. The van der Waals surface area contributed by atoms with Crippen LogP contribution in [0, 0.1) is 0 Å². The van der Waals surface area contributed by atoms with E-state index in [9.17, 15) is 4.79 Å². The molecule has 3 nitrogen and oxygen atoms in total. The van der Waals surface area contributed by atoms with Crippen LogP contribution in [0.2, 0.25) is 0 Å². The van der Waals surface area contributed by atoms with E-state index in [0.717, 1.165) is 25.9 Å². The van der Waals surface area contributed by atoms with Crippen molar-refractivity contribution in [3.05, 3.63) is 35.0 Å². The zero-order valence-corrected chi connectivity index (χ0v) is 14.2. The molecule has 2 rings (SSSR count). The summed E-state index contributed by atoms with van der Waals surface area (Å²) in [7, 11) is 0. The Bertz CT molecular complexity index is 436. The fraction of sp³-hybridized carbons (Fsp3) is 0.611. The van der Waals surface area contributed by atoms with Gasteiger partial charge in [-0.3, -0.25) is 9.69 Å². The third-order valence-corrected chi connectivity index (χ3v) is 5.05. The molecule has 1 aliphatic carbocycles. The van der Waals surface area contributed by atoms with Gasteiger partial charge < -0.3 is 5.32 Å². The molecule has 1 saturated carbocycles. The Morgan fingerprint density at radius 1 is 1.32 bits per heavy atom. The molecule has 4 heteroatoms. The third kappa shape index (κ3) is 6.32. The maximum Gasteiger partial charge on any atom is 0.234 e. The lowest BCUT2D eigenvalue weighted by atomic mass is 9.97. The minimum Gasteiger partial charge on any atom is -0.352 e. The fourth-order valence-electron chi connectivity index (χ4n) is 3.07. The minimum atomic E-state index is 0.156. The van der Waals surface area contributed by atoms with Gasteiger partial charge in [-0.25, -0.2) is 0 Å². The molecule has 1 amide bonds. The van der Waals surface area contributed by atoms with Crippen molar-refractivity contribution in [1.82, 2.24) is 10.2 Å². The maximum absolute atomic E-state index is 12.3. The SMILES string of the molecule is C=CCN(CC(=O)NC1CCCCCCC1)Cc1cccs1. The van der Waals surface area contributed by atoms with E-state index in [2.05, 4.69) is 34.3 Å². The number of hydrogen-bond donors (Lipinski definition) is 1. The van der Waals surface area contributed by atoms with E-state index in [4.69, 9.17) is 0 Å². The van der Waals surface area contributed by atoms with Crippen molar-refractivity contribution in [2.45, 2.75) is 57.5 Å². The summed E-state index contributed by atoms with van der Waals surface area (Å²) in [5.74, 6) is 0.156. The standard InChI is InChI=1S/C18H28N2OS/c1-2-12-20(14-17-11-8-13-22-17)15-18(21)19-16-9-6-4-3-5-7-10-16/h2,8,11,13,16H,1,3-7,9-10,12,14-15H2,(H,19,21). The second-order valence-corrected chi connectivity index (χ2v) is 7.18. The van der Waals surface area contributed by atoms with Gasteiger partial charge in [-0.15, -0.1) is 17.9 Å². The zero-order chi connectivity index (χ0) is 15.6. The van der Waals surface area contributed by atoms with E-state index >= 15 is 0 Å². The maximum atomic E-state index is 12.3. The molecule has 0 bridgehead atoms. The molecule has 122 valence electrons. The van der Waals surface area contributed by atoms with Crippen LogP contribution in [0.1, 0.15) is 49.8 Å². The molecule has 0 radical (unpaired) electrons. The van der Waals surface area contributed by atoms with Gasteiger partial charge in [0.25, 0.3) is 0 Å². The van der Waals surface area contributed by atoms with E-state index < -0.39 is 0 Å². The highest BCUT2D eigenvalue weighted by Gasteiger charge is 2.16. The first-order valence-electron chi connectivity index (χ1n) is 8.43. The van der Waals surface area contributed by atoms with Crippen molar-refractivity contribution >= 4 is 17.2 Å². The molecule has 1 heterocycles. The number of nitrogens with zero attached hydrogens (tertiary/aromatic N) is 1. The van der Waals surface area contributed by atoms with Gasteiger partial charge in [0.05, 0.1) is 6.54 Å². The van der Waals surface area contributed by atoms with Gasteiger partial charge in [0.15, 0.2) is 0 Å². The fourth-order valence-corrected chi connectivity index (χ4v) is 3.81. The predicted molar refractivity (Wildman–Crippen MR) is 94.0 cm³/mol. The quantitative estimate of drug-likeness (QED) is 0.771. The molecule has 1 N–H and O–H groups in total. The topological polar surface area (TPSA) is 32.3 Å². The lowest BCUT2D eigenvalue weighted by Crippen LogP contribution is -2.42. The van der Waals surface area contributed by atoms with E-state index in [1.54, 1.807) is 11.3 Å². The van der Waals surface area contributed by atoms with E-state index in [1.165, 1.54) is 37.0 Å². The molecule has 1 aromatic heterocycles. The third-order valence-electron chi connectivity index (χ3n) is 4.18. The summed E-state index contributed by atoms with van der Waals surface area (Å²) < 4.78 is 0. The monoisotopic (exact) mass is 320 g/mol. The number of carbonyl (C=O) groups is 1. The summed E-state index contributed by atoms with van der Waals surface area (Å²) in [6, 6.07) is 4.55. The van der Waals surface area contributed by atoms with Crippen molar-refractivity contribution in [2.24, 2.45) is 0 Å². The van der Waals surface area contributed by atoms with Crippen molar-refractivity contribution < 1.29 is 4.79 Å². The highest BCUT2D eigenvalue weighted by molar-refractivity contribution is 7.09. The minimum absolute atomic E-state index is 0.156. The number of hydrogen-bond acceptors (Lipinski definition) is 3. The van der Waals surface area contributed by atoms with Crippen molar-refractivity contribution in [3.63, 3.8) is 0 Å². The Morgan fingerprint density at radius 3 is 2.68 bits per heavy atom. The van der Waals surface area contributed by atoms with Gasteiger partial charge >= 0.3 is 0 Å². The summed E-state index contributed by atoms with van der Waals surface area (Å²) in [6.07, 6.45) is 10.6. The number of rotatable bonds is 7. The average Bonchev–Trinajstić information content (AvgIpc) is 2.95. The summed E-state index contributed by atoms with van der Waals surface area (Å²) in [4.78, 5) is 15.8. The highest BCUT2D eigenvalue weighted by Crippen LogP contribution is 2.17. The second kappa shape index (κ2) is 9.80. The second-order valence-electron chi connectivity index (χ2n) is 6.15. The first-order chi connectivity index (χ1) is 10.8. The van der Waals surface area contributed by atoms with Gasteiger partial charge in [-0.1, -0.05) is 44.2 Å². The first kappa shape index (κ1) is 17.2. The Labute approximate surface area is 138 Å². The molecule has 0 spiro atoms. The first-order valence-corrected chi connectivity index (χ1v) is 9.31. The van der Waals surface area contributed by atoms with Gasteiger partial charge in [0, 0.05) is 24.0 Å². The molecule has 0 atom stereocenters. The average molecular weight is 321 g/mol. The van der Waals surface area contributed by atoms with Crippen molar-refractivity contribution in [2.75, 3.05) is 13.1 Å². The molecular weight excluding hydrogens is 292 g/mol. The van der Waals surface area contributed by atoms with Gasteiger partial charge in [-0.05, 0) is 24.3 Å². The largest absolute Gasteiger partial charge is 0.352 e. The Balaban J connectivity index is 1.80. The predicted octanol–water partition coefficient (Wildman–Crippen LogP) is 3.97. The lowest BCUT2D eigenvalue weighted by Gasteiger charge is -2.24. The van der Waals surface area contributed by atoms with Gasteiger partial charge in [0.2, 0.25) is 5.91 Å². The van der Waals surface area contributed by atoms with Gasteiger partial charge in [0.1, 0.15) is 0 Å². The Hall–Kier alpha value is -1.13. The summed E-state index contributed by atoms with van der Waals surface area (Å²) in [6.45, 7) is 5.83. The molecule has 22 heavy (non-hydrogen) atoms. The van der Waals surface area contributed by atoms with Crippen LogP contribution in [-0.2, 0) is 11.3 Å². The molecule has 1 aromatic rings. The van der Waals surface area contributed by atoms with Crippen LogP contribution in [0.15, 0.2) is 30.2 Å². The zero-order valence-electron chi connectivity index (χ0n) is 13.4. The smallest absolute Gasteiger partial charge is 0.234 e. The lowest BCUT2D eigenvalue weighted by molar-refractivity contribution is -0.123. The Morgan fingerprint density at radius 2 is 2.05 bits per heavy atom. The summed E-state index contributed by atoms with van der Waals surface area (Å²) >= 11 is 1.74. The van der Waals surface area contributed by atoms with E-state index in [0.29, 0.717) is 12.6 Å². The van der Waals surface area contributed by atoms with Crippen LogP contribution in [0.5, 0.6) is 0 Å². The van der Waals surface area contributed by atoms with Crippen LogP contribution >= 0.6 is 11.3 Å². The molecule has 0 aliphatic heterocycles. The number of thiophene rings is 1. The number of amides is 1. The summed E-state index contributed by atoms with van der Waals surface area (Å²) in [5, 5.41) is 5.32. The molecular formula is C18H28N2OS. The molecule has 1 fully saturated rings. The van der Waals surface area contributed by atoms with E-state index in [-0.39, 0.29) is 5.91 Å². The van der Waals surface area contributed by atoms with Crippen LogP contribution in [0.25, 0.3) is 0 Å². The molecule has 0 saturated heterocycles. The number of nitrogens with one attached hydrogen (secondary N) is 1. The molecule has 0 aromatic carbocycles. The summed E-state index contributed by atoms with van der Waals surface area (Å²) in [5.41, 5.74) is 0. The number of carbonyl (C=O) groups excluding carboxylic acids is 1. The molecule has 1 aliphatic rings. The van der Waals surface area contributed by atoms with E-state index in [1.807, 2.05) is 6.08 Å². The molecule has 0 unspecified atom stereocenters. The van der Waals surface area contributed by atoms with Crippen LogP contribution < -0.4 is 5.32 Å². The van der Waals surface area contributed by atoms with Crippen LogP contribution in [0.4, 0.5) is 0 Å². The highest BCUT2D eigenvalue weighted by atomic mass is 32.1. The van der Waals surface area contributed by atoms with Crippen molar-refractivity contribution in [1.29, 1.82) is 0 Å². The van der Waals surface area contributed by atoms with Crippen LogP contribution in [-0.4, -0.2) is 29.9 Å². The normalized spacial score (nSPS) is 17.0. The van der Waals surface area contributed by atoms with Gasteiger partial charge in [-0.2, -0.15) is 0 Å².